The van der Waals surface area contributed by atoms with E-state index in [9.17, 15) is 18.3 Å². The molecule has 0 saturated carbocycles. The molecule has 7 nitrogen and oxygen atoms in total. The molecule has 1 fully saturated rings. The Morgan fingerprint density at radius 2 is 2.00 bits per heavy atom. The second-order valence-electron chi connectivity index (χ2n) is 5.59. The minimum atomic E-state index is -3.90. The molecular weight excluding hydrogens is 354 g/mol. The first-order chi connectivity index (χ1) is 11.4. The third-order valence-corrected chi connectivity index (χ3v) is 5.91. The number of nitrogens with zero attached hydrogens (tertiary/aromatic N) is 3. The van der Waals surface area contributed by atoms with Crippen LogP contribution in [0.4, 0.5) is 0 Å². The summed E-state index contributed by atoms with van der Waals surface area (Å²) in [5.74, 6) is -1.31. The Bertz CT molecular complexity index is 873. The number of hydrogen-bond acceptors (Lipinski definition) is 4. The first-order valence-electron chi connectivity index (χ1n) is 7.43. The summed E-state index contributed by atoms with van der Waals surface area (Å²) in [5, 5.41) is 13.5. The minimum absolute atomic E-state index is 0.232. The molecule has 0 bridgehead atoms. The summed E-state index contributed by atoms with van der Waals surface area (Å²) < 4.78 is 27.9. The maximum Gasteiger partial charge on any atom is 0.340 e. The molecule has 3 rings (SSSR count). The average molecular weight is 370 g/mol. The van der Waals surface area contributed by atoms with Crippen LogP contribution in [0.3, 0.4) is 0 Å². The van der Waals surface area contributed by atoms with Crippen molar-refractivity contribution < 1.29 is 18.3 Å². The third kappa shape index (κ3) is 3.31. The smallest absolute Gasteiger partial charge is 0.340 e. The molecule has 24 heavy (non-hydrogen) atoms. The van der Waals surface area contributed by atoms with Gasteiger partial charge < -0.3 is 5.11 Å². The van der Waals surface area contributed by atoms with Gasteiger partial charge in [0.25, 0.3) is 10.0 Å². The number of carboxylic acids is 1. The number of carbonyl (C=O) groups is 1. The van der Waals surface area contributed by atoms with E-state index >= 15 is 0 Å². The number of hydrogen-bond donors (Lipinski definition) is 1. The molecule has 1 aliphatic heterocycles. The Balaban J connectivity index is 1.97. The minimum Gasteiger partial charge on any atom is -0.478 e. The maximum absolute atomic E-state index is 12.6. The summed E-state index contributed by atoms with van der Waals surface area (Å²) in [5.41, 5.74) is 0.482. The average Bonchev–Trinajstić information content (AvgIpc) is 3.17. The lowest BCUT2D eigenvalue weighted by molar-refractivity contribution is 0.0692. The maximum atomic E-state index is 12.6. The van der Waals surface area contributed by atoms with Crippen molar-refractivity contribution in [2.45, 2.75) is 24.4 Å². The fraction of sp³-hybridized carbons (Fsp3) is 0.333. The van der Waals surface area contributed by atoms with Crippen molar-refractivity contribution in [1.82, 2.24) is 14.1 Å². The van der Waals surface area contributed by atoms with Crippen LogP contribution in [-0.2, 0) is 16.6 Å². The van der Waals surface area contributed by atoms with E-state index in [0.717, 1.165) is 18.4 Å². The van der Waals surface area contributed by atoms with Crippen molar-refractivity contribution in [3.63, 3.8) is 0 Å². The monoisotopic (exact) mass is 369 g/mol. The van der Waals surface area contributed by atoms with Gasteiger partial charge in [-0.15, -0.1) is 0 Å². The highest BCUT2D eigenvalue weighted by Crippen LogP contribution is 2.23. The normalized spacial score (nSPS) is 15.7. The second kappa shape index (κ2) is 6.54. The van der Waals surface area contributed by atoms with E-state index in [1.165, 1.54) is 15.2 Å². The van der Waals surface area contributed by atoms with Gasteiger partial charge in [0, 0.05) is 24.3 Å². The van der Waals surface area contributed by atoms with Crippen molar-refractivity contribution in [3.05, 3.63) is 46.6 Å². The van der Waals surface area contributed by atoms with Crippen molar-refractivity contribution in [2.24, 2.45) is 0 Å². The van der Waals surface area contributed by atoms with E-state index in [2.05, 4.69) is 5.10 Å². The molecule has 1 aromatic carbocycles. The summed E-state index contributed by atoms with van der Waals surface area (Å²) in [6.07, 6.45) is 2.78. The number of aromatic carboxylic acids is 1. The van der Waals surface area contributed by atoms with Gasteiger partial charge in [-0.1, -0.05) is 23.7 Å². The van der Waals surface area contributed by atoms with Crippen LogP contribution in [0.5, 0.6) is 0 Å². The zero-order valence-electron chi connectivity index (χ0n) is 12.7. The largest absolute Gasteiger partial charge is 0.478 e. The van der Waals surface area contributed by atoms with Gasteiger partial charge in [0.2, 0.25) is 5.03 Å². The van der Waals surface area contributed by atoms with Crippen molar-refractivity contribution >= 4 is 27.6 Å². The Hall–Kier alpha value is -1.90. The number of aromatic nitrogens is 2. The van der Waals surface area contributed by atoms with Crippen LogP contribution >= 0.6 is 11.6 Å². The van der Waals surface area contributed by atoms with Gasteiger partial charge in [-0.2, -0.15) is 9.40 Å². The van der Waals surface area contributed by atoms with Gasteiger partial charge in [0.1, 0.15) is 5.56 Å². The highest BCUT2D eigenvalue weighted by Gasteiger charge is 2.34. The molecule has 1 N–H and O–H groups in total. The Kier molecular flexibility index (Phi) is 4.62. The summed E-state index contributed by atoms with van der Waals surface area (Å²) in [4.78, 5) is 11.4. The SMILES string of the molecule is O=C(O)c1cn(Cc2cccc(Cl)c2)nc1S(=O)(=O)N1CCCC1. The molecule has 2 heterocycles. The van der Waals surface area contributed by atoms with Crippen LogP contribution in [0, 0.1) is 0 Å². The lowest BCUT2D eigenvalue weighted by Crippen LogP contribution is -2.29. The van der Waals surface area contributed by atoms with Crippen LogP contribution in [0.25, 0.3) is 0 Å². The number of sulfonamides is 1. The zero-order chi connectivity index (χ0) is 17.3. The van der Waals surface area contributed by atoms with E-state index in [4.69, 9.17) is 11.6 Å². The number of halogens is 1. The second-order valence-corrected chi connectivity index (χ2v) is 7.88. The first kappa shape index (κ1) is 16.9. The highest BCUT2D eigenvalue weighted by molar-refractivity contribution is 7.89. The summed E-state index contributed by atoms with van der Waals surface area (Å²) >= 11 is 5.93. The van der Waals surface area contributed by atoms with Crippen LogP contribution in [-0.4, -0.2) is 46.7 Å². The van der Waals surface area contributed by atoms with Crippen LogP contribution < -0.4 is 0 Å². The van der Waals surface area contributed by atoms with Gasteiger partial charge in [0.15, 0.2) is 0 Å². The first-order valence-corrected chi connectivity index (χ1v) is 9.25. The van der Waals surface area contributed by atoms with E-state index in [1.807, 2.05) is 6.07 Å². The number of benzene rings is 1. The molecule has 0 radical (unpaired) electrons. The molecule has 9 heteroatoms. The standard InChI is InChI=1S/C15H16ClN3O4S/c16-12-5-3-4-11(8-12)9-18-10-13(15(20)21)14(17-18)24(22,23)19-6-1-2-7-19/h3-5,8,10H,1-2,6-7,9H2,(H,20,21). The van der Waals surface area contributed by atoms with Crippen LogP contribution in [0.2, 0.25) is 5.02 Å². The van der Waals surface area contributed by atoms with Crippen LogP contribution in [0.15, 0.2) is 35.5 Å². The van der Waals surface area contributed by atoms with Crippen molar-refractivity contribution in [1.29, 1.82) is 0 Å². The molecule has 0 atom stereocenters. The summed E-state index contributed by atoms with van der Waals surface area (Å²) in [6.45, 7) is 1.02. The topological polar surface area (TPSA) is 92.5 Å². The quantitative estimate of drug-likeness (QED) is 0.870. The molecule has 2 aromatic rings. The predicted octanol–water partition coefficient (Wildman–Crippen LogP) is 2.07. The summed E-state index contributed by atoms with van der Waals surface area (Å²) in [6, 6.07) is 7.02. The third-order valence-electron chi connectivity index (χ3n) is 3.84. The Labute approximate surface area is 144 Å². The van der Waals surface area contributed by atoms with E-state index in [-0.39, 0.29) is 12.1 Å². The van der Waals surface area contributed by atoms with E-state index in [1.54, 1.807) is 18.2 Å². The number of carboxylic acid groups (broad SMARTS) is 1. The van der Waals surface area contributed by atoms with Gasteiger partial charge in [-0.3, -0.25) is 4.68 Å². The van der Waals surface area contributed by atoms with Crippen molar-refractivity contribution in [2.75, 3.05) is 13.1 Å². The zero-order valence-corrected chi connectivity index (χ0v) is 14.3. The lowest BCUT2D eigenvalue weighted by Gasteiger charge is -2.13. The van der Waals surface area contributed by atoms with E-state index in [0.29, 0.717) is 18.1 Å². The Morgan fingerprint density at radius 3 is 2.62 bits per heavy atom. The molecule has 0 amide bonds. The molecule has 0 unspecified atom stereocenters. The predicted molar refractivity (Wildman–Crippen MR) is 87.7 cm³/mol. The lowest BCUT2D eigenvalue weighted by atomic mass is 10.2. The molecule has 1 saturated heterocycles. The molecule has 0 spiro atoms. The van der Waals surface area contributed by atoms with Gasteiger partial charge in [-0.25, -0.2) is 13.2 Å². The highest BCUT2D eigenvalue weighted by atomic mass is 35.5. The Morgan fingerprint density at radius 1 is 1.29 bits per heavy atom. The summed E-state index contributed by atoms with van der Waals surface area (Å²) in [7, 11) is -3.90. The van der Waals surface area contributed by atoms with Gasteiger partial charge >= 0.3 is 5.97 Å². The number of rotatable bonds is 5. The van der Waals surface area contributed by atoms with Gasteiger partial charge in [0.05, 0.1) is 6.54 Å². The van der Waals surface area contributed by atoms with Crippen LogP contribution in [0.1, 0.15) is 28.8 Å². The molecular formula is C15H16ClN3O4S. The molecule has 1 aliphatic rings. The van der Waals surface area contributed by atoms with Gasteiger partial charge in [-0.05, 0) is 30.5 Å². The fourth-order valence-corrected chi connectivity index (χ4v) is 4.52. The molecule has 1 aromatic heterocycles. The van der Waals surface area contributed by atoms with Crippen molar-refractivity contribution in [3.8, 4) is 0 Å². The molecule has 0 aliphatic carbocycles. The fourth-order valence-electron chi connectivity index (χ4n) is 2.70. The van der Waals surface area contributed by atoms with E-state index < -0.39 is 21.0 Å². The molecule has 128 valence electrons.